The molecule has 0 spiro atoms. The van der Waals surface area contributed by atoms with E-state index in [0.717, 1.165) is 18.7 Å². The summed E-state index contributed by atoms with van der Waals surface area (Å²) in [6.45, 7) is 10.0. The lowest BCUT2D eigenvalue weighted by atomic mass is 10.0. The second-order valence-electron chi connectivity index (χ2n) is 6.30. The van der Waals surface area contributed by atoms with E-state index in [1.807, 2.05) is 25.7 Å². The van der Waals surface area contributed by atoms with Gasteiger partial charge in [-0.1, -0.05) is 29.8 Å². The number of aryl methyl sites for hydroxylation is 1. The van der Waals surface area contributed by atoms with Crippen molar-refractivity contribution >= 4 is 6.09 Å². The standard InChI is InChI=1S/C16H24N2O2/c1-12-5-7-13(8-6-12)14-11-17-9-10-18(14)15(19)20-16(2,3)4/h5-8,14,17H,9-11H2,1-4H3/t14-/m0/s1. The molecule has 1 aliphatic heterocycles. The minimum Gasteiger partial charge on any atom is -0.444 e. The zero-order chi connectivity index (χ0) is 14.8. The molecule has 1 aromatic carbocycles. The average molecular weight is 276 g/mol. The van der Waals surface area contributed by atoms with Gasteiger partial charge < -0.3 is 10.1 Å². The predicted molar refractivity (Wildman–Crippen MR) is 79.7 cm³/mol. The smallest absolute Gasteiger partial charge is 0.410 e. The maximum Gasteiger partial charge on any atom is 0.410 e. The summed E-state index contributed by atoms with van der Waals surface area (Å²) in [6.07, 6.45) is -0.232. The van der Waals surface area contributed by atoms with Crippen LogP contribution in [0.25, 0.3) is 0 Å². The van der Waals surface area contributed by atoms with Crippen LogP contribution < -0.4 is 5.32 Å². The van der Waals surface area contributed by atoms with Gasteiger partial charge in [-0.2, -0.15) is 0 Å². The van der Waals surface area contributed by atoms with Crippen molar-refractivity contribution in [1.29, 1.82) is 0 Å². The molecule has 1 amide bonds. The molecule has 4 heteroatoms. The van der Waals surface area contributed by atoms with Crippen molar-refractivity contribution in [3.63, 3.8) is 0 Å². The van der Waals surface area contributed by atoms with Gasteiger partial charge in [0.2, 0.25) is 0 Å². The molecule has 0 unspecified atom stereocenters. The number of benzene rings is 1. The molecule has 0 aromatic heterocycles. The number of hydrogen-bond acceptors (Lipinski definition) is 3. The van der Waals surface area contributed by atoms with E-state index in [1.165, 1.54) is 5.56 Å². The van der Waals surface area contributed by atoms with E-state index in [-0.39, 0.29) is 12.1 Å². The Balaban J connectivity index is 2.16. The summed E-state index contributed by atoms with van der Waals surface area (Å²) in [5, 5.41) is 3.35. The van der Waals surface area contributed by atoms with Crippen molar-refractivity contribution in [2.45, 2.75) is 39.3 Å². The van der Waals surface area contributed by atoms with Crippen LogP contribution in [0.4, 0.5) is 4.79 Å². The van der Waals surface area contributed by atoms with Gasteiger partial charge in [-0.05, 0) is 33.3 Å². The summed E-state index contributed by atoms with van der Waals surface area (Å²) in [7, 11) is 0. The molecule has 110 valence electrons. The summed E-state index contributed by atoms with van der Waals surface area (Å²) in [6, 6.07) is 8.38. The first kappa shape index (κ1) is 14.9. The average Bonchev–Trinajstić information content (AvgIpc) is 2.38. The summed E-state index contributed by atoms with van der Waals surface area (Å²) < 4.78 is 5.51. The van der Waals surface area contributed by atoms with E-state index in [1.54, 1.807) is 0 Å². The lowest BCUT2D eigenvalue weighted by Crippen LogP contribution is -2.50. The van der Waals surface area contributed by atoms with Gasteiger partial charge in [-0.15, -0.1) is 0 Å². The Kier molecular flexibility index (Phi) is 4.33. The van der Waals surface area contributed by atoms with Gasteiger partial charge in [0.15, 0.2) is 0 Å². The maximum atomic E-state index is 12.3. The number of carbonyl (C=O) groups is 1. The van der Waals surface area contributed by atoms with Gasteiger partial charge in [-0.3, -0.25) is 4.90 Å². The normalized spacial score (nSPS) is 19.8. The number of rotatable bonds is 1. The quantitative estimate of drug-likeness (QED) is 0.857. The molecular weight excluding hydrogens is 252 g/mol. The third-order valence-corrected chi connectivity index (χ3v) is 3.33. The van der Waals surface area contributed by atoms with Gasteiger partial charge in [0.1, 0.15) is 5.60 Å². The van der Waals surface area contributed by atoms with Crippen LogP contribution in [0.2, 0.25) is 0 Å². The fraction of sp³-hybridized carbons (Fsp3) is 0.562. The highest BCUT2D eigenvalue weighted by Gasteiger charge is 2.31. The predicted octanol–water partition coefficient (Wildman–Crippen LogP) is 2.88. The summed E-state index contributed by atoms with van der Waals surface area (Å²) in [5.41, 5.74) is 1.91. The molecule has 0 saturated carbocycles. The third-order valence-electron chi connectivity index (χ3n) is 3.33. The third kappa shape index (κ3) is 3.73. The second-order valence-corrected chi connectivity index (χ2v) is 6.30. The number of nitrogens with one attached hydrogen (secondary N) is 1. The molecule has 4 nitrogen and oxygen atoms in total. The lowest BCUT2D eigenvalue weighted by molar-refractivity contribution is 0.0118. The summed E-state index contributed by atoms with van der Waals surface area (Å²) in [4.78, 5) is 14.2. The number of carbonyl (C=O) groups excluding carboxylic acids is 1. The van der Waals surface area contributed by atoms with Gasteiger partial charge >= 0.3 is 6.09 Å². The number of ether oxygens (including phenoxy) is 1. The van der Waals surface area contributed by atoms with Gasteiger partial charge in [-0.25, -0.2) is 4.79 Å². The van der Waals surface area contributed by atoms with E-state index in [4.69, 9.17) is 4.74 Å². The molecule has 1 N–H and O–H groups in total. The maximum absolute atomic E-state index is 12.3. The van der Waals surface area contributed by atoms with Crippen molar-refractivity contribution in [3.8, 4) is 0 Å². The first-order valence-corrected chi connectivity index (χ1v) is 7.14. The topological polar surface area (TPSA) is 41.6 Å². The molecule has 1 aromatic rings. The van der Waals surface area contributed by atoms with Crippen molar-refractivity contribution in [3.05, 3.63) is 35.4 Å². The highest BCUT2D eigenvalue weighted by Crippen LogP contribution is 2.24. The fourth-order valence-electron chi connectivity index (χ4n) is 2.33. The van der Waals surface area contributed by atoms with Gasteiger partial charge in [0, 0.05) is 19.6 Å². The molecule has 1 atom stereocenters. The Morgan fingerprint density at radius 2 is 1.95 bits per heavy atom. The lowest BCUT2D eigenvalue weighted by Gasteiger charge is -2.37. The van der Waals surface area contributed by atoms with Crippen molar-refractivity contribution in [1.82, 2.24) is 10.2 Å². The number of nitrogens with zero attached hydrogens (tertiary/aromatic N) is 1. The molecule has 1 fully saturated rings. The Bertz CT molecular complexity index is 462. The molecule has 1 heterocycles. The molecule has 0 radical (unpaired) electrons. The molecular formula is C16H24N2O2. The van der Waals surface area contributed by atoms with Crippen LogP contribution in [0.1, 0.15) is 37.9 Å². The zero-order valence-electron chi connectivity index (χ0n) is 12.8. The van der Waals surface area contributed by atoms with E-state index in [9.17, 15) is 4.79 Å². The van der Waals surface area contributed by atoms with Crippen LogP contribution in [-0.4, -0.2) is 36.2 Å². The van der Waals surface area contributed by atoms with Crippen LogP contribution >= 0.6 is 0 Å². The first-order chi connectivity index (χ1) is 9.37. The number of amides is 1. The van der Waals surface area contributed by atoms with Crippen LogP contribution in [0, 0.1) is 6.92 Å². The van der Waals surface area contributed by atoms with E-state index in [2.05, 4.69) is 36.5 Å². The molecule has 2 rings (SSSR count). The van der Waals surface area contributed by atoms with E-state index >= 15 is 0 Å². The van der Waals surface area contributed by atoms with Crippen molar-refractivity contribution in [2.24, 2.45) is 0 Å². The highest BCUT2D eigenvalue weighted by atomic mass is 16.6. The number of hydrogen-bond donors (Lipinski definition) is 1. The minimum absolute atomic E-state index is 0.0409. The van der Waals surface area contributed by atoms with Gasteiger partial charge in [0.05, 0.1) is 6.04 Å². The van der Waals surface area contributed by atoms with Crippen LogP contribution in [0.3, 0.4) is 0 Å². The zero-order valence-corrected chi connectivity index (χ0v) is 12.8. The Labute approximate surface area is 121 Å². The Morgan fingerprint density at radius 3 is 2.55 bits per heavy atom. The molecule has 20 heavy (non-hydrogen) atoms. The number of piperazine rings is 1. The highest BCUT2D eigenvalue weighted by molar-refractivity contribution is 5.69. The molecule has 1 aliphatic rings. The van der Waals surface area contributed by atoms with Crippen molar-refractivity contribution < 1.29 is 9.53 Å². The van der Waals surface area contributed by atoms with E-state index < -0.39 is 5.60 Å². The van der Waals surface area contributed by atoms with Crippen LogP contribution in [0.5, 0.6) is 0 Å². The SMILES string of the molecule is Cc1ccc([C@@H]2CNCCN2C(=O)OC(C)(C)C)cc1. The van der Waals surface area contributed by atoms with E-state index in [0.29, 0.717) is 6.54 Å². The minimum atomic E-state index is -0.459. The molecule has 1 saturated heterocycles. The molecule has 0 bridgehead atoms. The van der Waals surface area contributed by atoms with Crippen LogP contribution in [0.15, 0.2) is 24.3 Å². The van der Waals surface area contributed by atoms with Crippen LogP contribution in [-0.2, 0) is 4.74 Å². The Morgan fingerprint density at radius 1 is 1.30 bits per heavy atom. The summed E-state index contributed by atoms with van der Waals surface area (Å²) in [5.74, 6) is 0. The second kappa shape index (κ2) is 5.83. The molecule has 0 aliphatic carbocycles. The monoisotopic (exact) mass is 276 g/mol. The largest absolute Gasteiger partial charge is 0.444 e. The van der Waals surface area contributed by atoms with Gasteiger partial charge in [0.25, 0.3) is 0 Å². The summed E-state index contributed by atoms with van der Waals surface area (Å²) >= 11 is 0. The van der Waals surface area contributed by atoms with Crippen molar-refractivity contribution in [2.75, 3.05) is 19.6 Å². The fourth-order valence-corrected chi connectivity index (χ4v) is 2.33. The Hall–Kier alpha value is -1.55. The first-order valence-electron chi connectivity index (χ1n) is 7.14.